The fourth-order valence-electron chi connectivity index (χ4n) is 2.26. The molecule has 0 radical (unpaired) electrons. The van der Waals surface area contributed by atoms with Gasteiger partial charge >= 0.3 is 0 Å². The Morgan fingerprint density at radius 3 is 2.25 bits per heavy atom. The summed E-state index contributed by atoms with van der Waals surface area (Å²) in [6.07, 6.45) is 7.95. The summed E-state index contributed by atoms with van der Waals surface area (Å²) < 4.78 is 0. The molecular formula is C16H24. The summed E-state index contributed by atoms with van der Waals surface area (Å²) in [5.74, 6) is 0. The van der Waals surface area contributed by atoms with E-state index in [-0.39, 0.29) is 0 Å². The van der Waals surface area contributed by atoms with E-state index in [0.29, 0.717) is 0 Å². The molecule has 16 heavy (non-hydrogen) atoms. The van der Waals surface area contributed by atoms with Crippen molar-refractivity contribution in [3.8, 4) is 0 Å². The third-order valence-corrected chi connectivity index (χ3v) is 3.35. The first-order valence-corrected chi connectivity index (χ1v) is 6.44. The van der Waals surface area contributed by atoms with Crippen LogP contribution < -0.4 is 0 Å². The van der Waals surface area contributed by atoms with Crippen LogP contribution in [0.1, 0.15) is 55.0 Å². The summed E-state index contributed by atoms with van der Waals surface area (Å²) in [7, 11) is 0. The van der Waals surface area contributed by atoms with Gasteiger partial charge in [0.25, 0.3) is 0 Å². The van der Waals surface area contributed by atoms with Gasteiger partial charge in [-0.3, -0.25) is 0 Å². The van der Waals surface area contributed by atoms with Crippen LogP contribution in [0.3, 0.4) is 0 Å². The van der Waals surface area contributed by atoms with Crippen molar-refractivity contribution in [1.82, 2.24) is 0 Å². The Morgan fingerprint density at radius 2 is 1.75 bits per heavy atom. The average molecular weight is 216 g/mol. The second-order valence-electron chi connectivity index (χ2n) is 4.39. The van der Waals surface area contributed by atoms with Gasteiger partial charge in [-0.2, -0.15) is 0 Å². The monoisotopic (exact) mass is 216 g/mol. The lowest BCUT2D eigenvalue weighted by atomic mass is 9.90. The highest BCUT2D eigenvalue weighted by Gasteiger charge is 2.08. The summed E-state index contributed by atoms with van der Waals surface area (Å²) in [4.78, 5) is 0. The van der Waals surface area contributed by atoms with Crippen molar-refractivity contribution in [2.24, 2.45) is 0 Å². The van der Waals surface area contributed by atoms with Gasteiger partial charge in [-0.1, -0.05) is 39.0 Å². The number of hydrogen-bond donors (Lipinski definition) is 0. The first-order chi connectivity index (χ1) is 7.65. The number of benzene rings is 1. The Morgan fingerprint density at radius 1 is 1.06 bits per heavy atom. The maximum atomic E-state index is 2.36. The lowest BCUT2D eigenvalue weighted by molar-refractivity contribution is 1.02. The predicted octanol–water partition coefficient (Wildman–Crippen LogP) is 4.85. The summed E-state index contributed by atoms with van der Waals surface area (Å²) in [6.45, 7) is 11.2. The first-order valence-electron chi connectivity index (χ1n) is 6.44. The summed E-state index contributed by atoms with van der Waals surface area (Å²) >= 11 is 0. The highest BCUT2D eigenvalue weighted by Crippen LogP contribution is 2.25. The summed E-state index contributed by atoms with van der Waals surface area (Å²) in [5, 5.41) is 0. The fourth-order valence-corrected chi connectivity index (χ4v) is 2.26. The Balaban J connectivity index is 3.40. The minimum atomic E-state index is 1.11. The lowest BCUT2D eigenvalue weighted by Crippen LogP contribution is -2.00. The molecule has 0 atom stereocenters. The molecule has 0 unspecified atom stereocenters. The van der Waals surface area contributed by atoms with Crippen LogP contribution in [-0.2, 0) is 12.8 Å². The Bertz CT molecular complexity index is 384. The van der Waals surface area contributed by atoms with E-state index in [9.17, 15) is 0 Å². The van der Waals surface area contributed by atoms with E-state index in [1.54, 1.807) is 0 Å². The van der Waals surface area contributed by atoms with Gasteiger partial charge in [0.05, 0.1) is 0 Å². The molecule has 0 aliphatic heterocycles. The minimum Gasteiger partial charge on any atom is -0.0842 e. The summed E-state index contributed by atoms with van der Waals surface area (Å²) in [6, 6.07) is 2.36. The van der Waals surface area contributed by atoms with Crippen molar-refractivity contribution >= 4 is 6.08 Å². The van der Waals surface area contributed by atoms with Crippen LogP contribution in [-0.4, -0.2) is 0 Å². The van der Waals surface area contributed by atoms with Gasteiger partial charge < -0.3 is 0 Å². The molecule has 0 spiro atoms. The molecule has 0 amide bonds. The largest absolute Gasteiger partial charge is 0.0842 e. The van der Waals surface area contributed by atoms with Gasteiger partial charge in [-0.15, -0.1) is 0 Å². The van der Waals surface area contributed by atoms with Crippen LogP contribution in [0.2, 0.25) is 0 Å². The van der Waals surface area contributed by atoms with Crippen LogP contribution >= 0.6 is 0 Å². The van der Waals surface area contributed by atoms with Gasteiger partial charge in [0.2, 0.25) is 0 Å². The van der Waals surface area contributed by atoms with Gasteiger partial charge in [0.15, 0.2) is 0 Å². The van der Waals surface area contributed by atoms with E-state index in [2.05, 4.69) is 52.8 Å². The molecule has 0 heteroatoms. The van der Waals surface area contributed by atoms with E-state index < -0.39 is 0 Å². The van der Waals surface area contributed by atoms with E-state index in [0.717, 1.165) is 19.3 Å². The van der Waals surface area contributed by atoms with Crippen LogP contribution in [0.25, 0.3) is 6.08 Å². The van der Waals surface area contributed by atoms with Gasteiger partial charge in [-0.05, 0) is 60.9 Å². The minimum absolute atomic E-state index is 1.11. The Hall–Kier alpha value is -1.04. The summed E-state index contributed by atoms with van der Waals surface area (Å²) in [5.41, 5.74) is 7.38. The fraction of sp³-hybridized carbons (Fsp3) is 0.500. The van der Waals surface area contributed by atoms with Crippen molar-refractivity contribution in [3.05, 3.63) is 40.0 Å². The molecular weight excluding hydrogens is 192 g/mol. The zero-order valence-electron chi connectivity index (χ0n) is 11.4. The number of rotatable bonds is 4. The predicted molar refractivity (Wildman–Crippen MR) is 74.0 cm³/mol. The average Bonchev–Trinajstić information content (AvgIpc) is 2.30. The lowest BCUT2D eigenvalue weighted by Gasteiger charge is -2.15. The second kappa shape index (κ2) is 5.89. The molecule has 0 heterocycles. The molecule has 88 valence electrons. The maximum absolute atomic E-state index is 2.36. The molecule has 0 aliphatic carbocycles. The standard InChI is InChI=1S/C16H24/c1-6-9-10-16-13(5)12(4)11-14(7-2)15(16)8-3/h9-11H,6-8H2,1-5H3/b10-9-. The van der Waals surface area contributed by atoms with Gasteiger partial charge in [0, 0.05) is 0 Å². The van der Waals surface area contributed by atoms with Crippen molar-refractivity contribution < 1.29 is 0 Å². The maximum Gasteiger partial charge on any atom is -0.0193 e. The van der Waals surface area contributed by atoms with Crippen molar-refractivity contribution in [2.45, 2.75) is 53.9 Å². The Kier molecular flexibility index (Phi) is 4.79. The number of aryl methyl sites for hydroxylation is 2. The second-order valence-corrected chi connectivity index (χ2v) is 4.39. The molecule has 1 aromatic rings. The molecule has 0 saturated carbocycles. The number of allylic oxidation sites excluding steroid dienone is 1. The molecule has 0 saturated heterocycles. The van der Waals surface area contributed by atoms with Gasteiger partial charge in [-0.25, -0.2) is 0 Å². The van der Waals surface area contributed by atoms with Crippen LogP contribution in [0.5, 0.6) is 0 Å². The van der Waals surface area contributed by atoms with E-state index in [4.69, 9.17) is 0 Å². The molecule has 0 aromatic heterocycles. The van der Waals surface area contributed by atoms with Crippen molar-refractivity contribution in [2.75, 3.05) is 0 Å². The van der Waals surface area contributed by atoms with Crippen LogP contribution in [0.15, 0.2) is 12.1 Å². The molecule has 0 bridgehead atoms. The molecule has 0 aliphatic rings. The topological polar surface area (TPSA) is 0 Å². The van der Waals surface area contributed by atoms with Crippen LogP contribution in [0, 0.1) is 13.8 Å². The molecule has 0 N–H and O–H groups in total. The van der Waals surface area contributed by atoms with E-state index in [1.807, 2.05) is 0 Å². The molecule has 0 nitrogen and oxygen atoms in total. The van der Waals surface area contributed by atoms with E-state index in [1.165, 1.54) is 27.8 Å². The number of hydrogen-bond acceptors (Lipinski definition) is 0. The molecule has 1 rings (SSSR count). The highest BCUT2D eigenvalue weighted by molar-refractivity contribution is 5.62. The molecule has 1 aromatic carbocycles. The Labute approximate surface area is 100 Å². The molecule has 0 fully saturated rings. The van der Waals surface area contributed by atoms with E-state index >= 15 is 0 Å². The SMILES string of the molecule is CC/C=C\c1c(C)c(C)cc(CC)c1CC. The first kappa shape index (κ1) is 13.0. The zero-order chi connectivity index (χ0) is 12.1. The highest BCUT2D eigenvalue weighted by atomic mass is 14.1. The van der Waals surface area contributed by atoms with Crippen molar-refractivity contribution in [1.29, 1.82) is 0 Å². The normalized spacial score (nSPS) is 11.3. The third kappa shape index (κ3) is 2.55. The third-order valence-electron chi connectivity index (χ3n) is 3.35. The quantitative estimate of drug-likeness (QED) is 0.675. The van der Waals surface area contributed by atoms with Crippen LogP contribution in [0.4, 0.5) is 0 Å². The smallest absolute Gasteiger partial charge is 0.0193 e. The van der Waals surface area contributed by atoms with Crippen molar-refractivity contribution in [3.63, 3.8) is 0 Å². The van der Waals surface area contributed by atoms with Gasteiger partial charge in [0.1, 0.15) is 0 Å². The zero-order valence-corrected chi connectivity index (χ0v) is 11.4.